The van der Waals surface area contributed by atoms with Gasteiger partial charge in [-0.05, 0) is 44.4 Å². The molecule has 2 saturated heterocycles. The minimum atomic E-state index is -0.425. The number of ether oxygens (including phenoxy) is 1. The molecule has 0 bridgehead atoms. The molecule has 2 fully saturated rings. The van der Waals surface area contributed by atoms with Crippen LogP contribution in [-0.4, -0.2) is 77.1 Å². The first-order chi connectivity index (χ1) is 17.1. The Morgan fingerprint density at radius 3 is 2.57 bits per heavy atom. The lowest BCUT2D eigenvalue weighted by molar-refractivity contribution is -0.133. The number of halogens is 1. The van der Waals surface area contributed by atoms with Crippen LogP contribution in [0.3, 0.4) is 0 Å². The maximum absolute atomic E-state index is 14.6. The van der Waals surface area contributed by atoms with E-state index in [-0.39, 0.29) is 17.8 Å². The number of hydrogen-bond donors (Lipinski definition) is 1. The molecule has 1 amide bonds. The molecule has 6 nitrogen and oxygen atoms in total. The van der Waals surface area contributed by atoms with E-state index in [4.69, 9.17) is 4.74 Å². The zero-order valence-electron chi connectivity index (χ0n) is 20.3. The van der Waals surface area contributed by atoms with Crippen LogP contribution in [0.25, 0.3) is 0 Å². The molecule has 7 heteroatoms. The Morgan fingerprint density at radius 1 is 1.00 bits per heavy atom. The molecule has 3 aliphatic heterocycles. The van der Waals surface area contributed by atoms with Crippen molar-refractivity contribution < 1.29 is 19.0 Å². The van der Waals surface area contributed by atoms with Gasteiger partial charge in [0.25, 0.3) is 0 Å². The number of likely N-dealkylation sites (tertiary alicyclic amines) is 2. The van der Waals surface area contributed by atoms with E-state index < -0.39 is 6.10 Å². The molecule has 0 aliphatic carbocycles. The van der Waals surface area contributed by atoms with Crippen LogP contribution >= 0.6 is 0 Å². The van der Waals surface area contributed by atoms with Crippen molar-refractivity contribution in [3.05, 3.63) is 65.5 Å². The molecule has 2 aromatic rings. The van der Waals surface area contributed by atoms with E-state index in [9.17, 15) is 14.3 Å². The number of β-amino-alcohol motifs (C(OH)–C–C–N with tert-alkyl or cyclic N) is 1. The summed E-state index contributed by atoms with van der Waals surface area (Å²) in [4.78, 5) is 19.7. The molecule has 188 valence electrons. The molecule has 0 spiro atoms. The number of hydrogen-bond acceptors (Lipinski definition) is 5. The largest absolute Gasteiger partial charge is 0.484 e. The van der Waals surface area contributed by atoms with Crippen LogP contribution in [-0.2, 0) is 11.3 Å². The van der Waals surface area contributed by atoms with E-state index in [1.807, 2.05) is 35.2 Å². The van der Waals surface area contributed by atoms with Crippen molar-refractivity contribution in [2.75, 3.05) is 39.3 Å². The molecule has 3 heterocycles. The third kappa shape index (κ3) is 5.85. The number of piperidine rings is 2. The maximum Gasteiger partial charge on any atom is 0.223 e. The van der Waals surface area contributed by atoms with Crippen molar-refractivity contribution in [3.8, 4) is 5.75 Å². The normalized spacial score (nSPS) is 24.5. The van der Waals surface area contributed by atoms with Crippen molar-refractivity contribution in [2.24, 2.45) is 0 Å². The summed E-state index contributed by atoms with van der Waals surface area (Å²) in [5.41, 5.74) is 1.61. The minimum absolute atomic E-state index is 0.183. The molecule has 0 aromatic heterocycles. The first-order valence-electron chi connectivity index (χ1n) is 13.0. The van der Waals surface area contributed by atoms with E-state index in [0.717, 1.165) is 63.2 Å². The first kappa shape index (κ1) is 24.2. The highest BCUT2D eigenvalue weighted by molar-refractivity contribution is 5.76. The fourth-order valence-electron chi connectivity index (χ4n) is 5.76. The summed E-state index contributed by atoms with van der Waals surface area (Å²) in [5, 5.41) is 9.99. The predicted octanol–water partition coefficient (Wildman–Crippen LogP) is 3.60. The van der Waals surface area contributed by atoms with E-state index in [1.165, 1.54) is 6.07 Å². The fourth-order valence-corrected chi connectivity index (χ4v) is 5.76. The average molecular weight is 482 g/mol. The summed E-state index contributed by atoms with van der Waals surface area (Å²) in [6.45, 7) is 5.19. The Morgan fingerprint density at radius 2 is 1.77 bits per heavy atom. The van der Waals surface area contributed by atoms with Crippen LogP contribution in [0.2, 0.25) is 0 Å². The Bertz CT molecular complexity index is 1010. The van der Waals surface area contributed by atoms with Gasteiger partial charge in [-0.25, -0.2) is 4.39 Å². The molecule has 3 aliphatic rings. The minimum Gasteiger partial charge on any atom is -0.484 e. The van der Waals surface area contributed by atoms with Crippen LogP contribution in [0.15, 0.2) is 48.5 Å². The first-order valence-corrected chi connectivity index (χ1v) is 13.0. The summed E-state index contributed by atoms with van der Waals surface area (Å²) in [5.74, 6) is 0.694. The van der Waals surface area contributed by atoms with E-state index >= 15 is 0 Å². The number of aliphatic hydroxyl groups excluding tert-OH is 1. The van der Waals surface area contributed by atoms with Gasteiger partial charge in [0.2, 0.25) is 5.91 Å². The lowest BCUT2D eigenvalue weighted by Crippen LogP contribution is -2.50. The highest BCUT2D eigenvalue weighted by atomic mass is 19.1. The van der Waals surface area contributed by atoms with Crippen LogP contribution in [0.4, 0.5) is 4.39 Å². The molecule has 2 unspecified atom stereocenters. The summed E-state index contributed by atoms with van der Waals surface area (Å²) in [6.07, 6.45) is 3.70. The molecule has 0 saturated carbocycles. The van der Waals surface area contributed by atoms with Gasteiger partial charge in [0.15, 0.2) is 0 Å². The Balaban J connectivity index is 1.18. The number of para-hydroxylation sites is 1. The topological polar surface area (TPSA) is 56.2 Å². The van der Waals surface area contributed by atoms with Crippen molar-refractivity contribution >= 4 is 5.91 Å². The molecular weight excluding hydrogens is 445 g/mol. The van der Waals surface area contributed by atoms with Crippen molar-refractivity contribution in [1.82, 2.24) is 14.7 Å². The molecule has 1 N–H and O–H groups in total. The SMILES string of the molecule is O=C(CCN1Cc2ccccc2OC(c2ccccc2F)C1)N1CCC(N2CCCC(O)C2)CC1. The fraction of sp³-hybridized carbons (Fsp3) is 0.536. The molecule has 5 rings (SSSR count). The van der Waals surface area contributed by atoms with Gasteiger partial charge in [0, 0.05) is 62.9 Å². The monoisotopic (exact) mass is 481 g/mol. The summed E-state index contributed by atoms with van der Waals surface area (Å²) >= 11 is 0. The number of fused-ring (bicyclic) bond motifs is 1. The summed E-state index contributed by atoms with van der Waals surface area (Å²) < 4.78 is 20.8. The van der Waals surface area contributed by atoms with Gasteiger partial charge in [0.1, 0.15) is 17.7 Å². The standard InChI is InChI=1S/C28H36FN3O3/c29-25-9-3-2-8-24(25)27-20-30(18-21-6-1-4-10-26(21)35-27)15-13-28(34)31-16-11-22(12-17-31)32-14-5-7-23(33)19-32/h1-4,6,8-10,22-23,27,33H,5,7,11-20H2. The van der Waals surface area contributed by atoms with Gasteiger partial charge < -0.3 is 14.7 Å². The molecule has 35 heavy (non-hydrogen) atoms. The van der Waals surface area contributed by atoms with Gasteiger partial charge in [-0.2, -0.15) is 0 Å². The van der Waals surface area contributed by atoms with Gasteiger partial charge >= 0.3 is 0 Å². The highest BCUT2D eigenvalue weighted by Gasteiger charge is 2.30. The molecule has 2 aromatic carbocycles. The quantitative estimate of drug-likeness (QED) is 0.707. The number of amides is 1. The number of carbonyl (C=O) groups is 1. The number of benzene rings is 2. The summed E-state index contributed by atoms with van der Waals surface area (Å²) in [7, 11) is 0. The lowest BCUT2D eigenvalue weighted by Gasteiger charge is -2.41. The number of aliphatic hydroxyl groups is 1. The third-order valence-corrected chi connectivity index (χ3v) is 7.72. The average Bonchev–Trinajstić information content (AvgIpc) is 3.07. The van der Waals surface area contributed by atoms with Crippen LogP contribution in [0, 0.1) is 5.82 Å². The molecular formula is C28H36FN3O3. The number of rotatable bonds is 5. The molecule has 2 atom stereocenters. The van der Waals surface area contributed by atoms with Crippen molar-refractivity contribution in [2.45, 2.75) is 56.9 Å². The number of carbonyl (C=O) groups excluding carboxylic acids is 1. The second kappa shape index (κ2) is 11.1. The summed E-state index contributed by atoms with van der Waals surface area (Å²) in [6, 6.07) is 15.1. The van der Waals surface area contributed by atoms with Gasteiger partial charge in [0.05, 0.1) is 6.10 Å². The van der Waals surface area contributed by atoms with Crippen LogP contribution in [0.1, 0.15) is 49.3 Å². The van der Waals surface area contributed by atoms with Crippen LogP contribution < -0.4 is 4.74 Å². The number of nitrogens with zero attached hydrogens (tertiary/aromatic N) is 3. The lowest BCUT2D eigenvalue weighted by atomic mass is 9.99. The Kier molecular flexibility index (Phi) is 7.66. The highest BCUT2D eigenvalue weighted by Crippen LogP contribution is 2.32. The zero-order valence-corrected chi connectivity index (χ0v) is 20.3. The Labute approximate surface area is 207 Å². The van der Waals surface area contributed by atoms with Crippen molar-refractivity contribution in [3.63, 3.8) is 0 Å². The predicted molar refractivity (Wildman–Crippen MR) is 133 cm³/mol. The van der Waals surface area contributed by atoms with Gasteiger partial charge in [-0.15, -0.1) is 0 Å². The van der Waals surface area contributed by atoms with E-state index in [2.05, 4.69) is 9.80 Å². The molecule has 0 radical (unpaired) electrons. The zero-order chi connectivity index (χ0) is 24.2. The van der Waals surface area contributed by atoms with E-state index in [0.29, 0.717) is 37.7 Å². The van der Waals surface area contributed by atoms with Gasteiger partial charge in [-0.1, -0.05) is 36.4 Å². The second-order valence-corrected chi connectivity index (χ2v) is 10.1. The van der Waals surface area contributed by atoms with Crippen molar-refractivity contribution in [1.29, 1.82) is 0 Å². The smallest absolute Gasteiger partial charge is 0.223 e. The third-order valence-electron chi connectivity index (χ3n) is 7.72. The maximum atomic E-state index is 14.6. The van der Waals surface area contributed by atoms with E-state index in [1.54, 1.807) is 12.1 Å². The van der Waals surface area contributed by atoms with Gasteiger partial charge in [-0.3, -0.25) is 14.6 Å². The van der Waals surface area contributed by atoms with Crippen LogP contribution in [0.5, 0.6) is 5.75 Å². The Hall–Kier alpha value is -2.48. The second-order valence-electron chi connectivity index (χ2n) is 10.1.